The number of hydrogen-bond acceptors (Lipinski definition) is 7. The van der Waals surface area contributed by atoms with E-state index in [4.69, 9.17) is 10.5 Å². The topological polar surface area (TPSA) is 162 Å². The smallest absolute Gasteiger partial charge is 0.258 e. The summed E-state index contributed by atoms with van der Waals surface area (Å²) < 4.78 is 177. The molecule has 0 saturated heterocycles. The highest BCUT2D eigenvalue weighted by Gasteiger charge is 2.47. The zero-order valence-corrected chi connectivity index (χ0v) is 22.5. The highest BCUT2D eigenvalue weighted by atomic mass is 19.2. The van der Waals surface area contributed by atoms with Crippen molar-refractivity contribution in [3.8, 4) is 30.3 Å². The third-order valence-electron chi connectivity index (χ3n) is 6.70. The molecule has 4 rings (SSSR count). The Morgan fingerprint density at radius 2 is 0.653 bits per heavy atom. The molecule has 3 aromatic carbocycles. The first-order valence-corrected chi connectivity index (χ1v) is 12.0. The molecule has 1 aliphatic carbocycles. The Hall–Kier alpha value is -7.11. The number of nitro groups is 1. The van der Waals surface area contributed by atoms with Crippen molar-refractivity contribution in [3.63, 3.8) is 0 Å². The predicted octanol–water partition coefficient (Wildman–Crippen LogP) is 7.25. The van der Waals surface area contributed by atoms with Gasteiger partial charge in [0.25, 0.3) is 0 Å². The van der Waals surface area contributed by atoms with Gasteiger partial charge >= 0.3 is 5.69 Å². The van der Waals surface area contributed by atoms with Crippen LogP contribution in [0, 0.1) is 137 Å². The van der Waals surface area contributed by atoms with Crippen LogP contribution in [-0.2, 0) is 0 Å². The molecular formula is C29F12N6O2. The molecule has 0 N–H and O–H groups in total. The lowest BCUT2D eigenvalue weighted by atomic mass is 9.99. The highest BCUT2D eigenvalue weighted by Crippen LogP contribution is 2.57. The van der Waals surface area contributed by atoms with E-state index in [-0.39, 0.29) is 0 Å². The first kappa shape index (κ1) is 34.8. The lowest BCUT2D eigenvalue weighted by molar-refractivity contribution is -0.390. The zero-order valence-electron chi connectivity index (χ0n) is 22.5. The van der Waals surface area contributed by atoms with Crippen molar-refractivity contribution in [2.24, 2.45) is 0 Å². The second-order valence-corrected chi connectivity index (χ2v) is 9.06. The molecule has 0 aromatic heterocycles. The minimum Gasteiger partial charge on any atom is -0.258 e. The largest absolute Gasteiger partial charge is 0.346 e. The lowest BCUT2D eigenvalue weighted by Crippen LogP contribution is -2.08. The Bertz CT molecular complexity index is 2250. The summed E-state index contributed by atoms with van der Waals surface area (Å²) >= 11 is 0. The molecule has 1 aliphatic rings. The molecule has 0 unspecified atom stereocenters. The highest BCUT2D eigenvalue weighted by molar-refractivity contribution is 6.12. The molecule has 0 bridgehead atoms. The molecule has 242 valence electrons. The van der Waals surface area contributed by atoms with Gasteiger partial charge < -0.3 is 0 Å². The van der Waals surface area contributed by atoms with Crippen molar-refractivity contribution >= 4 is 22.4 Å². The summed E-state index contributed by atoms with van der Waals surface area (Å²) in [6.45, 7) is 0. The Labute approximate surface area is 261 Å². The van der Waals surface area contributed by atoms with E-state index in [1.165, 1.54) is 0 Å². The van der Waals surface area contributed by atoms with Gasteiger partial charge in [0, 0.05) is 16.7 Å². The molecule has 0 spiro atoms. The minimum absolute atomic E-state index is 0.744. The molecule has 8 nitrogen and oxygen atoms in total. The Kier molecular flexibility index (Phi) is 8.69. The van der Waals surface area contributed by atoms with Crippen LogP contribution >= 0.6 is 0 Å². The molecule has 0 atom stereocenters. The molecule has 0 radical (unpaired) electrons. The Morgan fingerprint density at radius 1 is 0.429 bits per heavy atom. The summed E-state index contributed by atoms with van der Waals surface area (Å²) in [6, 6.07) is 4.19. The average Bonchev–Trinajstić information content (AvgIpc) is 3.78. The van der Waals surface area contributed by atoms with Crippen LogP contribution in [0.4, 0.5) is 58.4 Å². The fraction of sp³-hybridized carbons (Fsp3) is 0. The number of nitrogens with zero attached hydrogens (tertiary/aromatic N) is 6. The summed E-state index contributed by atoms with van der Waals surface area (Å²) in [4.78, 5) is 9.02. The van der Waals surface area contributed by atoms with Gasteiger partial charge in [0.1, 0.15) is 41.5 Å². The fourth-order valence-corrected chi connectivity index (χ4v) is 4.55. The number of rotatable bonds is 4. The fourth-order valence-electron chi connectivity index (χ4n) is 4.55. The van der Waals surface area contributed by atoms with Crippen LogP contribution < -0.4 is 0 Å². The van der Waals surface area contributed by atoms with Crippen molar-refractivity contribution in [3.05, 3.63) is 124 Å². The average molecular weight is 692 g/mol. The minimum atomic E-state index is -2.79. The number of nitro benzene ring substituents is 1. The van der Waals surface area contributed by atoms with E-state index < -0.39 is 142 Å². The Morgan fingerprint density at radius 3 is 0.837 bits per heavy atom. The van der Waals surface area contributed by atoms with Gasteiger partial charge in [-0.3, -0.25) is 10.1 Å². The van der Waals surface area contributed by atoms with Gasteiger partial charge in [-0.05, 0) is 0 Å². The van der Waals surface area contributed by atoms with Gasteiger partial charge in [-0.2, -0.15) is 35.1 Å². The number of benzene rings is 3. The summed E-state index contributed by atoms with van der Waals surface area (Å²) in [5.41, 5.74) is -22.8. The van der Waals surface area contributed by atoms with Crippen molar-refractivity contribution in [1.29, 1.82) is 26.3 Å². The summed E-state index contributed by atoms with van der Waals surface area (Å²) in [6.07, 6.45) is 0. The second-order valence-electron chi connectivity index (χ2n) is 9.06. The van der Waals surface area contributed by atoms with Crippen LogP contribution in [0.1, 0.15) is 27.8 Å². The van der Waals surface area contributed by atoms with Crippen molar-refractivity contribution in [2.45, 2.75) is 0 Å². The maximum Gasteiger partial charge on any atom is 0.346 e. The quantitative estimate of drug-likeness (QED) is 0.0914. The standard InChI is InChI=1S/C29F12N6O2/c30-17-9(4-45)18(31)22(35)14(21(17)34)6(1-42)11-12(7(2-43)15-23(36)19(32)10(5-46)20(33)24(15)37)13(11)8(3-44)16-25(38)27(40)29(47(48)49)28(41)26(16)39. The van der Waals surface area contributed by atoms with Crippen LogP contribution in [0.5, 0.6) is 0 Å². The number of halogens is 12. The van der Waals surface area contributed by atoms with Gasteiger partial charge in [0.05, 0.1) is 38.3 Å². The van der Waals surface area contributed by atoms with Crippen LogP contribution in [0.25, 0.3) is 16.7 Å². The summed E-state index contributed by atoms with van der Waals surface area (Å²) in [5.74, 6) is -31.3. The molecule has 0 heterocycles. The van der Waals surface area contributed by atoms with Gasteiger partial charge in [-0.25, -0.2) is 43.9 Å². The molecule has 20 heteroatoms. The number of allylic oxidation sites excluding steroid dienone is 6. The third-order valence-corrected chi connectivity index (χ3v) is 6.70. The maximum absolute atomic E-state index is 15.1. The lowest BCUT2D eigenvalue weighted by Gasteiger charge is -2.08. The van der Waals surface area contributed by atoms with Crippen molar-refractivity contribution in [1.82, 2.24) is 0 Å². The first-order valence-electron chi connectivity index (χ1n) is 12.0. The number of nitriles is 5. The SMILES string of the molecule is N#CC(=C1C(=C(C#N)c2c(F)c(F)c(C#N)c(F)c2F)C1=C(C#N)c1c(F)c(F)c([N+](=O)[O-])c(F)c1F)c1c(F)c(F)c(C#N)c(F)c1F. The van der Waals surface area contributed by atoms with Crippen LogP contribution in [0.15, 0.2) is 16.7 Å². The van der Waals surface area contributed by atoms with E-state index in [0.717, 1.165) is 30.3 Å². The van der Waals surface area contributed by atoms with Crippen LogP contribution in [0.2, 0.25) is 0 Å². The van der Waals surface area contributed by atoms with E-state index in [1.54, 1.807) is 0 Å². The van der Waals surface area contributed by atoms with Crippen LogP contribution in [0.3, 0.4) is 0 Å². The normalized spacial score (nSPS) is 13.8. The van der Waals surface area contributed by atoms with Crippen molar-refractivity contribution < 1.29 is 57.6 Å². The number of hydrogen-bond donors (Lipinski definition) is 0. The molecule has 49 heavy (non-hydrogen) atoms. The molecule has 1 fully saturated rings. The van der Waals surface area contributed by atoms with Crippen LogP contribution in [-0.4, -0.2) is 4.92 Å². The summed E-state index contributed by atoms with van der Waals surface area (Å²) in [5, 5.41) is 58.0. The molecule has 0 amide bonds. The van der Waals surface area contributed by atoms with E-state index >= 15 is 26.3 Å². The maximum atomic E-state index is 15.1. The molecule has 0 aliphatic heterocycles. The zero-order chi connectivity index (χ0) is 37.0. The van der Waals surface area contributed by atoms with E-state index in [1.807, 2.05) is 0 Å². The second kappa shape index (κ2) is 12.2. The van der Waals surface area contributed by atoms with Crippen molar-refractivity contribution in [2.75, 3.05) is 0 Å². The third kappa shape index (κ3) is 4.85. The molecule has 3 aromatic rings. The Balaban J connectivity index is 2.38. The molecule has 1 saturated carbocycles. The van der Waals surface area contributed by atoms with Gasteiger partial charge in [0.15, 0.2) is 58.2 Å². The van der Waals surface area contributed by atoms with Gasteiger partial charge in [0.2, 0.25) is 11.6 Å². The summed E-state index contributed by atoms with van der Waals surface area (Å²) in [7, 11) is 0. The van der Waals surface area contributed by atoms with Gasteiger partial charge in [-0.15, -0.1) is 0 Å². The molecular weight excluding hydrogens is 692 g/mol. The monoisotopic (exact) mass is 692 g/mol. The first-order chi connectivity index (χ1) is 23.0. The van der Waals surface area contributed by atoms with E-state index in [9.17, 15) is 52.2 Å². The van der Waals surface area contributed by atoms with E-state index in [0.29, 0.717) is 0 Å². The van der Waals surface area contributed by atoms with Gasteiger partial charge in [-0.1, -0.05) is 0 Å². The van der Waals surface area contributed by atoms with E-state index in [2.05, 4.69) is 0 Å². The predicted molar refractivity (Wildman–Crippen MR) is 133 cm³/mol.